The van der Waals surface area contributed by atoms with Crippen molar-refractivity contribution in [3.8, 4) is 5.75 Å². The second-order valence-electron chi connectivity index (χ2n) is 10.3. The zero-order chi connectivity index (χ0) is 29.8. The van der Waals surface area contributed by atoms with E-state index in [-0.39, 0.29) is 18.8 Å². The first-order valence-electron chi connectivity index (χ1n) is 14.3. The number of carbonyl (C=O) groups excluding carboxylic acids is 2. The van der Waals surface area contributed by atoms with Gasteiger partial charge in [0.25, 0.3) is 0 Å². The van der Waals surface area contributed by atoms with E-state index in [1.54, 1.807) is 12.1 Å². The van der Waals surface area contributed by atoms with Crippen molar-refractivity contribution < 1.29 is 58.1 Å². The smallest absolute Gasteiger partial charge is 0.338 e. The first-order valence-corrected chi connectivity index (χ1v) is 14.3. The molecule has 0 aliphatic carbocycles. The molecule has 0 unspecified atom stereocenters. The average molecular weight is 585 g/mol. The lowest BCUT2D eigenvalue weighted by atomic mass is 10.0. The van der Waals surface area contributed by atoms with Gasteiger partial charge in [-0.3, -0.25) is 4.79 Å². The summed E-state index contributed by atoms with van der Waals surface area (Å²) >= 11 is 0. The van der Waals surface area contributed by atoms with Gasteiger partial charge in [-0.1, -0.05) is 45.4 Å². The van der Waals surface area contributed by atoms with Crippen molar-refractivity contribution in [2.24, 2.45) is 0 Å². The lowest BCUT2D eigenvalue weighted by molar-refractivity contribution is -0.334. The Morgan fingerprint density at radius 3 is 2.12 bits per heavy atom. The highest BCUT2D eigenvalue weighted by Gasteiger charge is 2.49. The molecule has 0 aromatic heterocycles. The minimum absolute atomic E-state index is 0.166. The first kappa shape index (κ1) is 33.2. The van der Waals surface area contributed by atoms with Crippen LogP contribution in [0.25, 0.3) is 0 Å². The Morgan fingerprint density at radius 1 is 0.829 bits per heavy atom. The number of unbranched alkanes of at least 4 members (excludes halogenated alkanes) is 6. The van der Waals surface area contributed by atoms with Crippen LogP contribution >= 0.6 is 0 Å². The molecule has 41 heavy (non-hydrogen) atoms. The largest absolute Gasteiger partial charge is 0.497 e. The summed E-state index contributed by atoms with van der Waals surface area (Å²) in [7, 11) is 1.49. The van der Waals surface area contributed by atoms with Gasteiger partial charge < -0.3 is 48.5 Å². The van der Waals surface area contributed by atoms with Crippen LogP contribution < -0.4 is 4.74 Å². The summed E-state index contributed by atoms with van der Waals surface area (Å²) in [6, 6.07) is 6.11. The molecule has 0 saturated carbocycles. The molecule has 8 atom stereocenters. The first-order chi connectivity index (χ1) is 19.7. The summed E-state index contributed by atoms with van der Waals surface area (Å²) in [6.07, 6.45) is -2.80. The minimum atomic E-state index is -1.55. The van der Waals surface area contributed by atoms with E-state index in [9.17, 15) is 24.9 Å². The normalized spacial score (nSPS) is 30.0. The number of methoxy groups -OCH3 is 1. The standard InChI is InChI=1S/C29H44O12/c1-4-5-6-7-8-9-10-15-36-28-26(39-18(2)30)24(22(32)17-37-28)41-29-25(23(33)21(31)16-38-29)40-27(34)19-11-13-20(35-3)14-12-19/h11-14,21-26,28-29,31-33H,4-10,15-17H2,1-3H3/t21-,22+,23+,24+,25-,26-,28-,29+/m1/s1. The van der Waals surface area contributed by atoms with E-state index in [4.69, 9.17) is 33.2 Å². The topological polar surface area (TPSA) is 159 Å². The molecule has 0 bridgehead atoms. The Kier molecular flexibility index (Phi) is 13.7. The molecular weight excluding hydrogens is 540 g/mol. The number of ether oxygens (including phenoxy) is 7. The van der Waals surface area contributed by atoms with E-state index < -0.39 is 61.1 Å². The summed E-state index contributed by atoms with van der Waals surface area (Å²) in [5.74, 6) is -0.913. The summed E-state index contributed by atoms with van der Waals surface area (Å²) in [4.78, 5) is 24.8. The Labute approximate surface area is 240 Å². The van der Waals surface area contributed by atoms with Crippen molar-refractivity contribution in [2.45, 2.75) is 108 Å². The van der Waals surface area contributed by atoms with Crippen LogP contribution in [-0.4, -0.2) is 103 Å². The zero-order valence-electron chi connectivity index (χ0n) is 24.0. The summed E-state index contributed by atoms with van der Waals surface area (Å²) in [5, 5.41) is 31.6. The second kappa shape index (κ2) is 17.0. The molecule has 0 amide bonds. The van der Waals surface area contributed by atoms with Crippen molar-refractivity contribution >= 4 is 11.9 Å². The molecule has 2 aliphatic heterocycles. The van der Waals surface area contributed by atoms with E-state index in [0.717, 1.165) is 25.7 Å². The predicted molar refractivity (Wildman–Crippen MR) is 144 cm³/mol. The minimum Gasteiger partial charge on any atom is -0.497 e. The van der Waals surface area contributed by atoms with Gasteiger partial charge in [-0.25, -0.2) is 4.79 Å². The van der Waals surface area contributed by atoms with Crippen LogP contribution in [0.3, 0.4) is 0 Å². The van der Waals surface area contributed by atoms with E-state index in [1.807, 2.05) is 0 Å². The molecule has 0 spiro atoms. The third kappa shape index (κ3) is 9.88. The molecule has 12 nitrogen and oxygen atoms in total. The van der Waals surface area contributed by atoms with Crippen LogP contribution in [0.15, 0.2) is 24.3 Å². The van der Waals surface area contributed by atoms with E-state index in [0.29, 0.717) is 12.4 Å². The summed E-state index contributed by atoms with van der Waals surface area (Å²) in [6.45, 7) is 3.23. The molecule has 2 aliphatic rings. The van der Waals surface area contributed by atoms with Gasteiger partial charge in [0, 0.05) is 13.5 Å². The number of hydrogen-bond donors (Lipinski definition) is 3. The van der Waals surface area contributed by atoms with Gasteiger partial charge in [0.15, 0.2) is 24.8 Å². The monoisotopic (exact) mass is 584 g/mol. The molecule has 3 rings (SSSR count). The molecule has 2 heterocycles. The Morgan fingerprint density at radius 2 is 1.46 bits per heavy atom. The highest BCUT2D eigenvalue weighted by Crippen LogP contribution is 2.29. The number of aliphatic hydroxyl groups excluding tert-OH is 3. The number of esters is 2. The van der Waals surface area contributed by atoms with Crippen LogP contribution in [0.5, 0.6) is 5.75 Å². The third-order valence-corrected chi connectivity index (χ3v) is 7.03. The fraction of sp³-hybridized carbons (Fsp3) is 0.724. The van der Waals surface area contributed by atoms with Gasteiger partial charge in [0.05, 0.1) is 25.9 Å². The van der Waals surface area contributed by atoms with Crippen LogP contribution in [0, 0.1) is 0 Å². The quantitative estimate of drug-likeness (QED) is 0.204. The van der Waals surface area contributed by atoms with Crippen LogP contribution in [0.1, 0.15) is 69.2 Å². The van der Waals surface area contributed by atoms with Crippen molar-refractivity contribution in [3.63, 3.8) is 0 Å². The van der Waals surface area contributed by atoms with Gasteiger partial charge in [-0.05, 0) is 30.7 Å². The van der Waals surface area contributed by atoms with E-state index >= 15 is 0 Å². The Bertz CT molecular complexity index is 925. The predicted octanol–water partition coefficient (Wildman–Crippen LogP) is 2.10. The molecule has 0 radical (unpaired) electrons. The molecule has 12 heteroatoms. The van der Waals surface area contributed by atoms with Crippen LogP contribution in [-0.2, 0) is 33.2 Å². The lowest BCUT2D eigenvalue weighted by Gasteiger charge is -2.43. The molecule has 2 saturated heterocycles. The van der Waals surface area contributed by atoms with Gasteiger partial charge in [0.1, 0.15) is 30.2 Å². The molecule has 3 N–H and O–H groups in total. The fourth-order valence-electron chi connectivity index (χ4n) is 4.72. The number of benzene rings is 1. The van der Waals surface area contributed by atoms with Crippen molar-refractivity contribution in [2.75, 3.05) is 26.9 Å². The lowest BCUT2D eigenvalue weighted by Crippen LogP contribution is -2.61. The van der Waals surface area contributed by atoms with Crippen molar-refractivity contribution in [3.05, 3.63) is 29.8 Å². The zero-order valence-corrected chi connectivity index (χ0v) is 24.0. The maximum Gasteiger partial charge on any atom is 0.338 e. The SMILES string of the molecule is CCCCCCCCCO[C@@H]1OC[C@H](O)[C@H](O[C@@H]2OC[C@@H](O)[C@H](O)[C@H]2OC(=O)c2ccc(OC)cc2)[C@H]1OC(C)=O. The third-order valence-electron chi connectivity index (χ3n) is 7.03. The number of carbonyl (C=O) groups is 2. The molecular formula is C29H44O12. The van der Waals surface area contributed by atoms with E-state index in [1.165, 1.54) is 45.4 Å². The molecule has 232 valence electrons. The average Bonchev–Trinajstić information content (AvgIpc) is 2.96. The van der Waals surface area contributed by atoms with Crippen molar-refractivity contribution in [1.82, 2.24) is 0 Å². The Hall–Kier alpha value is -2.32. The number of aliphatic hydroxyl groups is 3. The number of hydrogen-bond acceptors (Lipinski definition) is 12. The number of rotatable bonds is 15. The van der Waals surface area contributed by atoms with Gasteiger partial charge in [-0.2, -0.15) is 0 Å². The second-order valence-corrected chi connectivity index (χ2v) is 10.3. The summed E-state index contributed by atoms with van der Waals surface area (Å²) < 4.78 is 39.1. The van der Waals surface area contributed by atoms with Gasteiger partial charge >= 0.3 is 11.9 Å². The van der Waals surface area contributed by atoms with Crippen molar-refractivity contribution in [1.29, 1.82) is 0 Å². The van der Waals surface area contributed by atoms with Gasteiger partial charge in [0.2, 0.25) is 0 Å². The molecule has 1 aromatic rings. The fourth-order valence-corrected chi connectivity index (χ4v) is 4.72. The highest BCUT2D eigenvalue weighted by molar-refractivity contribution is 5.89. The maximum absolute atomic E-state index is 12.8. The molecule has 2 fully saturated rings. The van der Waals surface area contributed by atoms with Gasteiger partial charge in [-0.15, -0.1) is 0 Å². The van der Waals surface area contributed by atoms with E-state index in [2.05, 4.69) is 6.92 Å². The maximum atomic E-state index is 12.8. The highest BCUT2D eigenvalue weighted by atomic mass is 16.7. The Balaban J connectivity index is 1.66. The summed E-state index contributed by atoms with van der Waals surface area (Å²) in [5.41, 5.74) is 0.166. The van der Waals surface area contributed by atoms with Crippen LogP contribution in [0.4, 0.5) is 0 Å². The molecule has 1 aromatic carbocycles. The van der Waals surface area contributed by atoms with Crippen LogP contribution in [0.2, 0.25) is 0 Å².